The molecular formula is C26H37F3N4O4S. The fraction of sp³-hybridized carbons (Fsp3) is 0.615. The number of halogens is 3. The number of alkyl halides is 3. The number of benzene rings is 1. The Hall–Kier alpha value is -2.76. The Labute approximate surface area is 224 Å². The van der Waals surface area contributed by atoms with Crippen LogP contribution in [0.25, 0.3) is 0 Å². The molecule has 0 bridgehead atoms. The molecule has 0 spiro atoms. The molecule has 0 fully saturated rings. The molecule has 12 heteroatoms. The standard InChI is InChI=1S/C26H37F3N4O4S/c1-4-5-6-7-8-17-32-22(34)21(31-33(24(32)37)18-9-15-26(27,28)29)30-16-14-19-10-12-20(13-11-19)38-25(2,3)23(35)36/h10-13H,4-9,14-18H2,1-3H3,(H,30,31)(H,35,36). The molecular weight excluding hydrogens is 521 g/mol. The summed E-state index contributed by atoms with van der Waals surface area (Å²) in [6.45, 7) is 5.60. The minimum absolute atomic E-state index is 0.0689. The van der Waals surface area contributed by atoms with Gasteiger partial charge in [-0.3, -0.25) is 14.2 Å². The number of unbranched alkanes of at least 4 members (excludes halogenated alkanes) is 4. The smallest absolute Gasteiger partial charge is 0.389 e. The fourth-order valence-electron chi connectivity index (χ4n) is 3.70. The van der Waals surface area contributed by atoms with Crippen LogP contribution < -0.4 is 16.6 Å². The van der Waals surface area contributed by atoms with Crippen LogP contribution in [0.3, 0.4) is 0 Å². The second-order valence-electron chi connectivity index (χ2n) is 9.68. The van der Waals surface area contributed by atoms with Crippen LogP contribution in [0, 0.1) is 0 Å². The van der Waals surface area contributed by atoms with Crippen molar-refractivity contribution in [1.29, 1.82) is 0 Å². The van der Waals surface area contributed by atoms with Crippen LogP contribution in [0.4, 0.5) is 19.0 Å². The first-order chi connectivity index (χ1) is 17.8. The number of anilines is 1. The molecule has 1 aromatic carbocycles. The Balaban J connectivity index is 2.11. The molecule has 2 aromatic rings. The van der Waals surface area contributed by atoms with Crippen molar-refractivity contribution in [3.8, 4) is 0 Å². The number of aromatic nitrogens is 3. The van der Waals surface area contributed by atoms with Gasteiger partial charge in [0.05, 0.1) is 0 Å². The Morgan fingerprint density at radius 1 is 1.03 bits per heavy atom. The lowest BCUT2D eigenvalue weighted by Crippen LogP contribution is -2.43. The number of carboxylic acid groups (broad SMARTS) is 1. The summed E-state index contributed by atoms with van der Waals surface area (Å²) in [6, 6.07) is 7.38. The molecule has 0 saturated heterocycles. The molecule has 2 N–H and O–H groups in total. The van der Waals surface area contributed by atoms with Gasteiger partial charge >= 0.3 is 17.8 Å². The Kier molecular flexibility index (Phi) is 11.9. The molecule has 0 aliphatic carbocycles. The fourth-order valence-corrected chi connectivity index (χ4v) is 4.65. The highest BCUT2D eigenvalue weighted by molar-refractivity contribution is 8.01. The van der Waals surface area contributed by atoms with Gasteiger partial charge in [0, 0.05) is 31.0 Å². The summed E-state index contributed by atoms with van der Waals surface area (Å²) in [5.74, 6) is -0.977. The minimum atomic E-state index is -4.34. The van der Waals surface area contributed by atoms with Crippen LogP contribution in [0.1, 0.15) is 71.3 Å². The average Bonchev–Trinajstić information content (AvgIpc) is 2.83. The van der Waals surface area contributed by atoms with Gasteiger partial charge in [-0.1, -0.05) is 44.7 Å². The lowest BCUT2D eigenvalue weighted by atomic mass is 10.1. The number of aryl methyl sites for hydroxylation is 1. The van der Waals surface area contributed by atoms with E-state index >= 15 is 0 Å². The molecule has 38 heavy (non-hydrogen) atoms. The number of nitrogens with zero attached hydrogens (tertiary/aromatic N) is 3. The molecule has 1 aromatic heterocycles. The number of nitrogens with one attached hydrogen (secondary N) is 1. The highest BCUT2D eigenvalue weighted by Crippen LogP contribution is 2.32. The summed E-state index contributed by atoms with van der Waals surface area (Å²) in [5.41, 5.74) is -0.347. The van der Waals surface area contributed by atoms with E-state index in [0.29, 0.717) is 19.4 Å². The zero-order chi connectivity index (χ0) is 28.3. The maximum atomic E-state index is 13.0. The normalized spacial score (nSPS) is 12.1. The third kappa shape index (κ3) is 10.2. The lowest BCUT2D eigenvalue weighted by Gasteiger charge is -2.18. The largest absolute Gasteiger partial charge is 0.480 e. The summed E-state index contributed by atoms with van der Waals surface area (Å²) in [5, 5.41) is 16.3. The predicted molar refractivity (Wildman–Crippen MR) is 143 cm³/mol. The van der Waals surface area contributed by atoms with E-state index in [0.717, 1.165) is 45.4 Å². The Bertz CT molecular complexity index is 1160. The van der Waals surface area contributed by atoms with Crippen molar-refractivity contribution in [2.75, 3.05) is 11.9 Å². The molecule has 8 nitrogen and oxygen atoms in total. The predicted octanol–water partition coefficient (Wildman–Crippen LogP) is 5.33. The molecule has 0 aliphatic heterocycles. The van der Waals surface area contributed by atoms with E-state index in [2.05, 4.69) is 17.3 Å². The third-order valence-corrected chi connectivity index (χ3v) is 7.15. The van der Waals surface area contributed by atoms with Crippen molar-refractivity contribution < 1.29 is 23.1 Å². The van der Waals surface area contributed by atoms with E-state index in [9.17, 15) is 32.7 Å². The van der Waals surface area contributed by atoms with E-state index in [-0.39, 0.29) is 25.3 Å². The lowest BCUT2D eigenvalue weighted by molar-refractivity contribution is -0.139. The maximum Gasteiger partial charge on any atom is 0.389 e. The van der Waals surface area contributed by atoms with Gasteiger partial charge in [0.1, 0.15) is 4.75 Å². The van der Waals surface area contributed by atoms with Crippen molar-refractivity contribution in [3.05, 3.63) is 50.7 Å². The number of carbonyl (C=O) groups is 1. The van der Waals surface area contributed by atoms with Gasteiger partial charge in [0.2, 0.25) is 5.82 Å². The topological polar surface area (TPSA) is 106 Å². The Morgan fingerprint density at radius 3 is 2.29 bits per heavy atom. The van der Waals surface area contributed by atoms with E-state index in [1.165, 1.54) is 11.8 Å². The highest BCUT2D eigenvalue weighted by Gasteiger charge is 2.28. The number of aliphatic carboxylic acids is 1. The summed E-state index contributed by atoms with van der Waals surface area (Å²) in [6.07, 6.45) is -0.638. The van der Waals surface area contributed by atoms with E-state index in [1.807, 2.05) is 24.3 Å². The first kappa shape index (κ1) is 31.5. The second-order valence-corrected chi connectivity index (χ2v) is 11.4. The summed E-state index contributed by atoms with van der Waals surface area (Å²) >= 11 is 1.24. The summed E-state index contributed by atoms with van der Waals surface area (Å²) < 4.78 is 38.9. The third-order valence-electron chi connectivity index (χ3n) is 5.95. The minimum Gasteiger partial charge on any atom is -0.480 e. The Morgan fingerprint density at radius 2 is 1.68 bits per heavy atom. The molecule has 0 aliphatic rings. The van der Waals surface area contributed by atoms with Crippen molar-refractivity contribution in [2.45, 2.75) is 101 Å². The van der Waals surface area contributed by atoms with Crippen molar-refractivity contribution >= 4 is 23.5 Å². The summed E-state index contributed by atoms with van der Waals surface area (Å²) in [4.78, 5) is 37.9. The van der Waals surface area contributed by atoms with Gasteiger partial charge in [-0.2, -0.15) is 13.2 Å². The summed E-state index contributed by atoms with van der Waals surface area (Å²) in [7, 11) is 0. The number of rotatable bonds is 16. The van der Waals surface area contributed by atoms with E-state index < -0.39 is 34.6 Å². The molecule has 1 heterocycles. The first-order valence-corrected chi connectivity index (χ1v) is 13.7. The molecule has 0 saturated carbocycles. The van der Waals surface area contributed by atoms with Gasteiger partial charge in [0.15, 0.2) is 0 Å². The second kappa shape index (κ2) is 14.4. The molecule has 2 rings (SSSR count). The van der Waals surface area contributed by atoms with Gasteiger partial charge in [-0.25, -0.2) is 9.48 Å². The van der Waals surface area contributed by atoms with Crippen LogP contribution in [0.15, 0.2) is 38.8 Å². The van der Waals surface area contributed by atoms with Crippen molar-refractivity contribution in [1.82, 2.24) is 14.3 Å². The maximum absolute atomic E-state index is 13.0. The van der Waals surface area contributed by atoms with E-state index in [4.69, 9.17) is 0 Å². The molecule has 0 radical (unpaired) electrons. The van der Waals surface area contributed by atoms with Crippen LogP contribution in [-0.4, -0.2) is 42.9 Å². The van der Waals surface area contributed by atoms with Crippen LogP contribution in [0.2, 0.25) is 0 Å². The number of carboxylic acids is 1. The number of hydrogen-bond acceptors (Lipinski definition) is 6. The van der Waals surface area contributed by atoms with Gasteiger partial charge < -0.3 is 10.4 Å². The van der Waals surface area contributed by atoms with Crippen LogP contribution in [0.5, 0.6) is 0 Å². The van der Waals surface area contributed by atoms with Gasteiger partial charge in [0.25, 0.3) is 5.56 Å². The zero-order valence-corrected chi connectivity index (χ0v) is 23.0. The van der Waals surface area contributed by atoms with E-state index in [1.54, 1.807) is 13.8 Å². The van der Waals surface area contributed by atoms with Crippen molar-refractivity contribution in [3.63, 3.8) is 0 Å². The molecule has 0 unspecified atom stereocenters. The number of hydrogen-bond donors (Lipinski definition) is 2. The molecule has 0 amide bonds. The molecule has 0 atom stereocenters. The SMILES string of the molecule is CCCCCCCn1c(=O)c(NCCc2ccc(SC(C)(C)C(=O)O)cc2)nn(CCCC(F)(F)F)c1=O. The van der Waals surface area contributed by atoms with Gasteiger partial charge in [-0.15, -0.1) is 16.9 Å². The van der Waals surface area contributed by atoms with Crippen LogP contribution in [-0.2, 0) is 24.3 Å². The van der Waals surface area contributed by atoms with Crippen LogP contribution >= 0.6 is 11.8 Å². The highest BCUT2D eigenvalue weighted by atomic mass is 32.2. The van der Waals surface area contributed by atoms with Crippen molar-refractivity contribution in [2.24, 2.45) is 0 Å². The zero-order valence-electron chi connectivity index (χ0n) is 22.1. The monoisotopic (exact) mass is 558 g/mol. The first-order valence-electron chi connectivity index (χ1n) is 12.9. The van der Waals surface area contributed by atoms with Gasteiger partial charge in [-0.05, 0) is 50.8 Å². The average molecular weight is 559 g/mol. The quantitative estimate of drug-likeness (QED) is 0.212. The number of thioether (sulfide) groups is 1. The molecule has 212 valence electrons.